The normalized spacial score (nSPS) is 10.5. The van der Waals surface area contributed by atoms with Gasteiger partial charge in [0.05, 0.1) is 15.9 Å². The van der Waals surface area contributed by atoms with Crippen molar-refractivity contribution in [2.45, 2.75) is 13.5 Å². The Morgan fingerprint density at radius 3 is 2.82 bits per heavy atom. The predicted molar refractivity (Wildman–Crippen MR) is 63.6 cm³/mol. The average molecular weight is 252 g/mol. The predicted octanol–water partition coefficient (Wildman–Crippen LogP) is 2.69. The summed E-state index contributed by atoms with van der Waals surface area (Å²) in [6.07, 6.45) is 1.46. The minimum absolute atomic E-state index is 0.000993. The Morgan fingerprint density at radius 2 is 2.24 bits per heavy atom. The molecule has 17 heavy (non-hydrogen) atoms. The van der Waals surface area contributed by atoms with Crippen LogP contribution < -0.4 is 5.43 Å². The van der Waals surface area contributed by atoms with Crippen molar-refractivity contribution in [3.05, 3.63) is 45.0 Å². The number of aromatic nitrogens is 1. The Balaban J connectivity index is 3.01. The molecule has 0 aliphatic heterocycles. The first kappa shape index (κ1) is 11.6. The van der Waals surface area contributed by atoms with Gasteiger partial charge in [-0.1, -0.05) is 11.6 Å². The van der Waals surface area contributed by atoms with E-state index in [4.69, 9.17) is 16.9 Å². The van der Waals surface area contributed by atoms with Gasteiger partial charge in [-0.15, -0.1) is 0 Å². The van der Waals surface area contributed by atoms with Crippen molar-refractivity contribution in [1.82, 2.24) is 4.57 Å². The van der Waals surface area contributed by atoms with E-state index in [1.807, 2.05) is 13.0 Å². The van der Waals surface area contributed by atoms with E-state index in [0.29, 0.717) is 12.1 Å². The molecule has 1 aromatic carbocycles. The van der Waals surface area contributed by atoms with Gasteiger partial charge in [0, 0.05) is 12.7 Å². The number of nitriles is 1. The summed E-state index contributed by atoms with van der Waals surface area (Å²) in [6.45, 7) is 2.43. The molecule has 0 aliphatic carbocycles. The monoisotopic (exact) mass is 251 g/mol. The lowest BCUT2D eigenvalue weighted by molar-refractivity contribution is 0.629. The third-order valence-corrected chi connectivity index (χ3v) is 2.87. The number of halogens is 2. The van der Waals surface area contributed by atoms with Gasteiger partial charge in [-0.3, -0.25) is 4.79 Å². The molecule has 0 saturated heterocycles. The van der Waals surface area contributed by atoms with Crippen LogP contribution in [0, 0.1) is 17.1 Å². The molecule has 0 bridgehead atoms. The fourth-order valence-corrected chi connectivity index (χ4v) is 1.88. The van der Waals surface area contributed by atoms with Crippen LogP contribution in [-0.4, -0.2) is 4.57 Å². The summed E-state index contributed by atoms with van der Waals surface area (Å²) in [5.41, 5.74) is 0.0618. The molecule has 3 nitrogen and oxygen atoms in total. The fraction of sp³-hybridized carbons (Fsp3) is 0.167. The van der Waals surface area contributed by atoms with Crippen LogP contribution in [0.15, 0.2) is 23.1 Å². The SMILES string of the molecule is CCn1cc([13C]#N)c(=O)c2cc(F)c(Cl)cc21. The molecule has 86 valence electrons. The van der Waals surface area contributed by atoms with E-state index in [9.17, 15) is 9.18 Å². The van der Waals surface area contributed by atoms with Gasteiger partial charge in [0.25, 0.3) is 0 Å². The maximum Gasteiger partial charge on any atom is 0.207 e. The summed E-state index contributed by atoms with van der Waals surface area (Å²) in [4.78, 5) is 11.8. The Morgan fingerprint density at radius 1 is 1.53 bits per heavy atom. The minimum Gasteiger partial charge on any atom is -0.346 e. The molecule has 0 atom stereocenters. The second kappa shape index (κ2) is 4.19. The largest absolute Gasteiger partial charge is 0.346 e. The number of fused-ring (bicyclic) bond motifs is 1. The maximum atomic E-state index is 13.3. The van der Waals surface area contributed by atoms with Gasteiger partial charge >= 0.3 is 0 Å². The molecular weight excluding hydrogens is 244 g/mol. The molecule has 1 aromatic heterocycles. The molecule has 1 heterocycles. The Bertz CT molecular complexity index is 700. The van der Waals surface area contributed by atoms with Crippen molar-refractivity contribution in [2.75, 3.05) is 0 Å². The van der Waals surface area contributed by atoms with Crippen molar-refractivity contribution in [2.24, 2.45) is 0 Å². The smallest absolute Gasteiger partial charge is 0.207 e. The summed E-state index contributed by atoms with van der Waals surface area (Å²) < 4.78 is 15.0. The van der Waals surface area contributed by atoms with Crippen LogP contribution in [0.1, 0.15) is 12.5 Å². The third-order valence-electron chi connectivity index (χ3n) is 2.58. The van der Waals surface area contributed by atoms with E-state index in [0.717, 1.165) is 6.07 Å². The van der Waals surface area contributed by atoms with E-state index in [2.05, 4.69) is 0 Å². The molecule has 0 spiro atoms. The third kappa shape index (κ3) is 1.79. The van der Waals surface area contributed by atoms with E-state index in [-0.39, 0.29) is 16.0 Å². The standard InChI is InChI=1S/C12H8ClFN2O/c1-2-16-6-7(5-15)12(17)8-3-10(14)9(13)4-11(8)16/h3-4,6H,2H2,1H3/i5+1. The summed E-state index contributed by atoms with van der Waals surface area (Å²) in [7, 11) is 0. The van der Waals surface area contributed by atoms with E-state index >= 15 is 0 Å². The van der Waals surface area contributed by atoms with E-state index in [1.165, 1.54) is 12.3 Å². The lowest BCUT2D eigenvalue weighted by atomic mass is 10.1. The topological polar surface area (TPSA) is 45.8 Å². The highest BCUT2D eigenvalue weighted by atomic mass is 35.5. The van der Waals surface area contributed by atoms with Gasteiger partial charge in [-0.2, -0.15) is 5.26 Å². The molecule has 0 amide bonds. The molecule has 0 radical (unpaired) electrons. The molecule has 0 saturated carbocycles. The Labute approximate surface area is 102 Å². The van der Waals surface area contributed by atoms with Gasteiger partial charge in [-0.05, 0) is 19.1 Å². The van der Waals surface area contributed by atoms with Crippen molar-refractivity contribution < 1.29 is 4.39 Å². The van der Waals surface area contributed by atoms with Crippen LogP contribution in [0.2, 0.25) is 5.02 Å². The number of aryl methyl sites for hydroxylation is 1. The maximum absolute atomic E-state index is 13.3. The second-order valence-corrected chi connectivity index (χ2v) is 3.96. The summed E-state index contributed by atoms with van der Waals surface area (Å²) >= 11 is 5.69. The molecular formula is C12H8ClFN2O. The van der Waals surface area contributed by atoms with Crippen molar-refractivity contribution >= 4 is 22.5 Å². The number of nitrogens with zero attached hydrogens (tertiary/aromatic N) is 2. The van der Waals surface area contributed by atoms with Gasteiger partial charge in [0.2, 0.25) is 5.43 Å². The quantitative estimate of drug-likeness (QED) is 0.732. The molecule has 5 heteroatoms. The van der Waals surface area contributed by atoms with E-state index in [1.54, 1.807) is 4.57 Å². The fourth-order valence-electron chi connectivity index (χ4n) is 1.73. The molecule has 2 aromatic rings. The zero-order valence-corrected chi connectivity index (χ0v) is 9.75. The Hall–Kier alpha value is -1.86. The van der Waals surface area contributed by atoms with Gasteiger partial charge in [0.15, 0.2) is 0 Å². The highest BCUT2D eigenvalue weighted by Gasteiger charge is 2.11. The summed E-state index contributed by atoms with van der Waals surface area (Å²) in [6, 6.07) is 4.28. The van der Waals surface area contributed by atoms with Crippen molar-refractivity contribution in [3.63, 3.8) is 0 Å². The molecule has 0 unspecified atom stereocenters. The number of benzene rings is 1. The average Bonchev–Trinajstić information content (AvgIpc) is 2.32. The second-order valence-electron chi connectivity index (χ2n) is 3.55. The first-order valence-electron chi connectivity index (χ1n) is 5.00. The van der Waals surface area contributed by atoms with Crippen LogP contribution >= 0.6 is 11.6 Å². The highest BCUT2D eigenvalue weighted by molar-refractivity contribution is 6.31. The first-order chi connectivity index (χ1) is 8.08. The molecule has 0 aliphatic rings. The van der Waals surface area contributed by atoms with Crippen LogP contribution in [0.3, 0.4) is 0 Å². The number of pyridine rings is 1. The number of hydrogen-bond acceptors (Lipinski definition) is 2. The van der Waals surface area contributed by atoms with Gasteiger partial charge < -0.3 is 4.57 Å². The van der Waals surface area contributed by atoms with Crippen LogP contribution in [0.5, 0.6) is 0 Å². The first-order valence-corrected chi connectivity index (χ1v) is 5.38. The molecule has 0 fully saturated rings. The highest BCUT2D eigenvalue weighted by Crippen LogP contribution is 2.21. The van der Waals surface area contributed by atoms with Crippen LogP contribution in [0.4, 0.5) is 4.39 Å². The minimum atomic E-state index is -0.658. The summed E-state index contributed by atoms with van der Waals surface area (Å²) in [5, 5.41) is 8.97. The van der Waals surface area contributed by atoms with Crippen molar-refractivity contribution in [1.29, 1.82) is 5.26 Å². The zero-order chi connectivity index (χ0) is 12.6. The Kier molecular flexibility index (Phi) is 2.86. The van der Waals surface area contributed by atoms with Crippen LogP contribution in [0.25, 0.3) is 10.9 Å². The van der Waals surface area contributed by atoms with Gasteiger partial charge in [0.1, 0.15) is 17.4 Å². The summed E-state index contributed by atoms with van der Waals surface area (Å²) in [5.74, 6) is -0.658. The number of rotatable bonds is 1. The lowest BCUT2D eigenvalue weighted by Gasteiger charge is -2.09. The van der Waals surface area contributed by atoms with Gasteiger partial charge in [-0.25, -0.2) is 4.39 Å². The van der Waals surface area contributed by atoms with Crippen LogP contribution in [-0.2, 0) is 6.54 Å². The molecule has 0 N–H and O–H groups in total. The lowest BCUT2D eigenvalue weighted by Crippen LogP contribution is -2.12. The zero-order valence-electron chi connectivity index (χ0n) is 9.00. The van der Waals surface area contributed by atoms with Crippen molar-refractivity contribution in [3.8, 4) is 6.07 Å². The number of hydrogen-bond donors (Lipinski definition) is 0. The van der Waals surface area contributed by atoms with E-state index < -0.39 is 11.2 Å². The molecule has 2 rings (SSSR count).